The van der Waals surface area contributed by atoms with E-state index in [9.17, 15) is 4.79 Å². The van der Waals surface area contributed by atoms with Gasteiger partial charge in [0.1, 0.15) is 5.82 Å². The Kier molecular flexibility index (Phi) is 6.43. The van der Waals surface area contributed by atoms with Crippen LogP contribution in [0, 0.1) is 0 Å². The molecule has 122 valence electrons. The quantitative estimate of drug-likeness (QED) is 0.738. The van der Waals surface area contributed by atoms with Crippen LogP contribution in [-0.2, 0) is 11.2 Å². The van der Waals surface area contributed by atoms with Crippen molar-refractivity contribution in [3.63, 3.8) is 0 Å². The number of hydrogen-bond donors (Lipinski definition) is 1. The van der Waals surface area contributed by atoms with Crippen molar-refractivity contribution in [3.05, 3.63) is 47.9 Å². The second-order valence-corrected chi connectivity index (χ2v) is 5.06. The molecule has 2 heterocycles. The van der Waals surface area contributed by atoms with Crippen LogP contribution in [0.2, 0.25) is 0 Å². The Morgan fingerprint density at radius 3 is 2.65 bits per heavy atom. The van der Waals surface area contributed by atoms with Crippen LogP contribution in [0.5, 0.6) is 0 Å². The topological polar surface area (TPSA) is 80.2 Å². The maximum atomic E-state index is 12.3. The molecular formula is C16H21N5O2. The summed E-state index contributed by atoms with van der Waals surface area (Å²) in [5, 5.41) is 11.0. The fourth-order valence-electron chi connectivity index (χ4n) is 1.97. The standard InChI is InChI=1S/C16H21N5O2/c1-21(11-7-13-5-8-17-9-6-13)16(22)14-3-4-15(20-19-14)18-10-12-23-2/h3-6,8-9H,7,10-12H2,1-2H3,(H,18,20). The van der Waals surface area contributed by atoms with E-state index in [1.165, 1.54) is 0 Å². The zero-order valence-corrected chi connectivity index (χ0v) is 13.4. The number of nitrogens with zero attached hydrogens (tertiary/aromatic N) is 4. The maximum Gasteiger partial charge on any atom is 0.274 e. The number of rotatable bonds is 8. The third-order valence-electron chi connectivity index (χ3n) is 3.33. The summed E-state index contributed by atoms with van der Waals surface area (Å²) in [7, 11) is 3.40. The van der Waals surface area contributed by atoms with Crippen molar-refractivity contribution < 1.29 is 9.53 Å². The Bertz CT molecular complexity index is 604. The number of pyridine rings is 1. The van der Waals surface area contributed by atoms with E-state index in [0.717, 1.165) is 12.0 Å². The number of carbonyl (C=O) groups is 1. The summed E-state index contributed by atoms with van der Waals surface area (Å²) in [6, 6.07) is 7.30. The number of likely N-dealkylation sites (N-methyl/N-ethyl adjacent to an activating group) is 1. The molecule has 2 rings (SSSR count). The molecule has 0 radical (unpaired) electrons. The number of hydrogen-bond acceptors (Lipinski definition) is 6. The maximum absolute atomic E-state index is 12.3. The van der Waals surface area contributed by atoms with Gasteiger partial charge in [0.2, 0.25) is 0 Å². The zero-order chi connectivity index (χ0) is 16.5. The highest BCUT2D eigenvalue weighted by atomic mass is 16.5. The molecule has 0 saturated carbocycles. The first-order chi connectivity index (χ1) is 11.2. The lowest BCUT2D eigenvalue weighted by Crippen LogP contribution is -2.29. The van der Waals surface area contributed by atoms with Crippen molar-refractivity contribution >= 4 is 11.7 Å². The van der Waals surface area contributed by atoms with Gasteiger partial charge in [-0.05, 0) is 36.2 Å². The van der Waals surface area contributed by atoms with E-state index >= 15 is 0 Å². The molecule has 7 heteroatoms. The van der Waals surface area contributed by atoms with Gasteiger partial charge >= 0.3 is 0 Å². The Labute approximate surface area is 135 Å². The largest absolute Gasteiger partial charge is 0.383 e. The second-order valence-electron chi connectivity index (χ2n) is 5.06. The molecule has 0 aromatic carbocycles. The number of ether oxygens (including phenoxy) is 1. The molecule has 7 nitrogen and oxygen atoms in total. The summed E-state index contributed by atoms with van der Waals surface area (Å²) < 4.78 is 4.94. The first-order valence-electron chi connectivity index (χ1n) is 7.41. The first kappa shape index (κ1) is 16.8. The summed E-state index contributed by atoms with van der Waals surface area (Å²) in [6.07, 6.45) is 4.27. The average molecular weight is 315 g/mol. The molecule has 0 aliphatic carbocycles. The van der Waals surface area contributed by atoms with Gasteiger partial charge < -0.3 is 15.0 Å². The molecule has 0 saturated heterocycles. The van der Waals surface area contributed by atoms with Crippen LogP contribution >= 0.6 is 0 Å². The molecule has 0 fully saturated rings. The normalized spacial score (nSPS) is 10.3. The van der Waals surface area contributed by atoms with Crippen LogP contribution in [0.4, 0.5) is 5.82 Å². The predicted molar refractivity (Wildman–Crippen MR) is 87.3 cm³/mol. The van der Waals surface area contributed by atoms with E-state index in [1.54, 1.807) is 43.6 Å². The molecule has 1 N–H and O–H groups in total. The molecule has 0 bridgehead atoms. The lowest BCUT2D eigenvalue weighted by Gasteiger charge is -2.16. The molecule has 0 aliphatic heterocycles. The van der Waals surface area contributed by atoms with Gasteiger partial charge in [-0.25, -0.2) is 0 Å². The smallest absolute Gasteiger partial charge is 0.274 e. The number of aromatic nitrogens is 3. The van der Waals surface area contributed by atoms with Gasteiger partial charge in [0.15, 0.2) is 5.69 Å². The van der Waals surface area contributed by atoms with E-state index in [-0.39, 0.29) is 5.91 Å². The van der Waals surface area contributed by atoms with E-state index < -0.39 is 0 Å². The predicted octanol–water partition coefficient (Wildman–Crippen LogP) is 1.24. The summed E-state index contributed by atoms with van der Waals surface area (Å²) >= 11 is 0. The van der Waals surface area contributed by atoms with Gasteiger partial charge in [-0.15, -0.1) is 10.2 Å². The Morgan fingerprint density at radius 2 is 2.00 bits per heavy atom. The molecule has 0 spiro atoms. The summed E-state index contributed by atoms with van der Waals surface area (Å²) in [5.41, 5.74) is 1.47. The molecule has 0 unspecified atom stereocenters. The third kappa shape index (κ3) is 5.30. The number of amides is 1. The minimum Gasteiger partial charge on any atom is -0.383 e. The Morgan fingerprint density at radius 1 is 1.22 bits per heavy atom. The molecule has 1 amide bonds. The van der Waals surface area contributed by atoms with Crippen molar-refractivity contribution in [2.75, 3.05) is 39.2 Å². The lowest BCUT2D eigenvalue weighted by molar-refractivity contribution is 0.0789. The van der Waals surface area contributed by atoms with Crippen molar-refractivity contribution in [2.45, 2.75) is 6.42 Å². The monoisotopic (exact) mass is 315 g/mol. The van der Waals surface area contributed by atoms with Gasteiger partial charge in [0, 0.05) is 39.6 Å². The fraction of sp³-hybridized carbons (Fsp3) is 0.375. The van der Waals surface area contributed by atoms with Crippen molar-refractivity contribution in [1.29, 1.82) is 0 Å². The van der Waals surface area contributed by atoms with E-state index in [4.69, 9.17) is 4.74 Å². The molecule has 2 aromatic heterocycles. The van der Waals surface area contributed by atoms with Crippen molar-refractivity contribution in [1.82, 2.24) is 20.1 Å². The molecule has 0 aliphatic rings. The minimum atomic E-state index is -0.144. The average Bonchev–Trinajstić information content (AvgIpc) is 2.61. The highest BCUT2D eigenvalue weighted by Gasteiger charge is 2.13. The third-order valence-corrected chi connectivity index (χ3v) is 3.33. The van der Waals surface area contributed by atoms with Gasteiger partial charge in [0.05, 0.1) is 6.61 Å². The van der Waals surface area contributed by atoms with Gasteiger partial charge in [-0.2, -0.15) is 0 Å². The highest BCUT2D eigenvalue weighted by Crippen LogP contribution is 2.05. The number of carbonyl (C=O) groups excluding carboxylic acids is 1. The zero-order valence-electron chi connectivity index (χ0n) is 13.4. The first-order valence-corrected chi connectivity index (χ1v) is 7.41. The molecule has 2 aromatic rings. The van der Waals surface area contributed by atoms with Gasteiger partial charge in [-0.3, -0.25) is 9.78 Å². The summed E-state index contributed by atoms with van der Waals surface area (Å²) in [6.45, 7) is 1.84. The van der Waals surface area contributed by atoms with E-state index in [0.29, 0.717) is 31.2 Å². The number of anilines is 1. The number of methoxy groups -OCH3 is 1. The van der Waals surface area contributed by atoms with Crippen LogP contribution in [0.1, 0.15) is 16.1 Å². The molecule has 0 atom stereocenters. The van der Waals surface area contributed by atoms with Crippen molar-refractivity contribution in [3.8, 4) is 0 Å². The van der Waals surface area contributed by atoms with Crippen LogP contribution in [0.3, 0.4) is 0 Å². The summed E-state index contributed by atoms with van der Waals surface area (Å²) in [5.74, 6) is 0.480. The Hall–Kier alpha value is -2.54. The van der Waals surface area contributed by atoms with Crippen LogP contribution < -0.4 is 5.32 Å². The number of nitrogens with one attached hydrogen (secondary N) is 1. The van der Waals surface area contributed by atoms with Gasteiger partial charge in [-0.1, -0.05) is 0 Å². The van der Waals surface area contributed by atoms with E-state index in [1.807, 2.05) is 12.1 Å². The lowest BCUT2D eigenvalue weighted by atomic mass is 10.2. The van der Waals surface area contributed by atoms with Crippen molar-refractivity contribution in [2.24, 2.45) is 0 Å². The van der Waals surface area contributed by atoms with Crippen LogP contribution in [-0.4, -0.2) is 59.8 Å². The Balaban J connectivity index is 1.86. The van der Waals surface area contributed by atoms with Gasteiger partial charge in [0.25, 0.3) is 5.91 Å². The summed E-state index contributed by atoms with van der Waals surface area (Å²) in [4.78, 5) is 17.9. The highest BCUT2D eigenvalue weighted by molar-refractivity contribution is 5.92. The van der Waals surface area contributed by atoms with E-state index in [2.05, 4.69) is 20.5 Å². The SMILES string of the molecule is COCCNc1ccc(C(=O)N(C)CCc2ccncc2)nn1. The minimum absolute atomic E-state index is 0.144. The fourth-order valence-corrected chi connectivity index (χ4v) is 1.97. The second kappa shape index (κ2) is 8.79. The molecular weight excluding hydrogens is 294 g/mol. The molecule has 23 heavy (non-hydrogen) atoms. The van der Waals surface area contributed by atoms with Crippen LogP contribution in [0.25, 0.3) is 0 Å². The van der Waals surface area contributed by atoms with Crippen LogP contribution in [0.15, 0.2) is 36.7 Å².